The molecule has 0 radical (unpaired) electrons. The van der Waals surface area contributed by atoms with E-state index in [2.05, 4.69) is 4.90 Å². The van der Waals surface area contributed by atoms with Crippen LogP contribution in [-0.4, -0.2) is 47.8 Å². The van der Waals surface area contributed by atoms with Gasteiger partial charge in [0.1, 0.15) is 0 Å². The van der Waals surface area contributed by atoms with Crippen LogP contribution in [0.3, 0.4) is 0 Å². The van der Waals surface area contributed by atoms with Gasteiger partial charge in [0.05, 0.1) is 0 Å². The fourth-order valence-corrected chi connectivity index (χ4v) is 3.92. The normalized spacial score (nSPS) is 18.4. The number of imide groups is 1. The Morgan fingerprint density at radius 2 is 1.42 bits per heavy atom. The van der Waals surface area contributed by atoms with Gasteiger partial charge in [-0.15, -0.1) is 0 Å². The van der Waals surface area contributed by atoms with Crippen molar-refractivity contribution in [2.75, 3.05) is 26.2 Å². The molecule has 4 heteroatoms. The molecule has 4 nitrogen and oxygen atoms in total. The first-order chi connectivity index (χ1) is 11.8. The van der Waals surface area contributed by atoms with E-state index in [-0.39, 0.29) is 11.8 Å². The van der Waals surface area contributed by atoms with E-state index in [0.717, 1.165) is 36.8 Å². The molecule has 1 saturated heterocycles. The van der Waals surface area contributed by atoms with Crippen molar-refractivity contribution in [2.24, 2.45) is 0 Å². The third kappa shape index (κ3) is 2.61. The Bertz CT molecular complexity index is 743. The molecule has 2 aliphatic heterocycles. The lowest BCUT2D eigenvalue weighted by Crippen LogP contribution is -2.42. The first kappa shape index (κ1) is 15.3. The van der Waals surface area contributed by atoms with E-state index in [0.29, 0.717) is 17.7 Å². The molecular formula is C20H22N2O2. The Morgan fingerprint density at radius 3 is 2.04 bits per heavy atom. The summed E-state index contributed by atoms with van der Waals surface area (Å²) in [5, 5.41) is 1.77. The predicted octanol–water partition coefficient (Wildman–Crippen LogP) is 3.31. The highest BCUT2D eigenvalue weighted by Crippen LogP contribution is 2.29. The van der Waals surface area contributed by atoms with E-state index in [1.165, 1.54) is 24.2 Å². The van der Waals surface area contributed by atoms with Crippen molar-refractivity contribution in [2.45, 2.75) is 25.7 Å². The Morgan fingerprint density at radius 1 is 0.792 bits per heavy atom. The quantitative estimate of drug-likeness (QED) is 0.811. The lowest BCUT2D eigenvalue weighted by molar-refractivity contribution is 0.0602. The Balaban J connectivity index is 1.53. The summed E-state index contributed by atoms with van der Waals surface area (Å²) < 4.78 is 0. The van der Waals surface area contributed by atoms with Gasteiger partial charge < -0.3 is 4.90 Å². The summed E-state index contributed by atoms with van der Waals surface area (Å²) >= 11 is 0. The molecule has 0 saturated carbocycles. The van der Waals surface area contributed by atoms with Crippen molar-refractivity contribution in [1.29, 1.82) is 0 Å². The highest BCUT2D eigenvalue weighted by molar-refractivity contribution is 6.25. The molecule has 0 bridgehead atoms. The minimum atomic E-state index is -0.150. The smallest absolute Gasteiger partial charge is 0.261 e. The highest BCUT2D eigenvalue weighted by atomic mass is 16.2. The summed E-state index contributed by atoms with van der Waals surface area (Å²) in [6.07, 6.45) is 4.68. The number of nitrogens with zero attached hydrogens (tertiary/aromatic N) is 2. The van der Waals surface area contributed by atoms with Gasteiger partial charge in [-0.25, -0.2) is 0 Å². The number of carbonyl (C=O) groups is 2. The lowest BCUT2D eigenvalue weighted by atomic mass is 9.94. The van der Waals surface area contributed by atoms with Gasteiger partial charge >= 0.3 is 0 Å². The molecule has 2 heterocycles. The number of rotatable bonds is 4. The van der Waals surface area contributed by atoms with Gasteiger partial charge in [0.2, 0.25) is 0 Å². The number of likely N-dealkylation sites (tertiary alicyclic amines) is 1. The SMILES string of the molecule is O=C1c2cccc3cccc(c23)C(=O)N1CCCN1CCCCC1. The molecule has 0 spiro atoms. The number of benzene rings is 2. The van der Waals surface area contributed by atoms with Crippen LogP contribution in [0, 0.1) is 0 Å². The van der Waals surface area contributed by atoms with Crippen LogP contribution in [-0.2, 0) is 0 Å². The molecular weight excluding hydrogens is 300 g/mol. The van der Waals surface area contributed by atoms with Crippen molar-refractivity contribution in [1.82, 2.24) is 9.80 Å². The largest absolute Gasteiger partial charge is 0.303 e. The number of amides is 2. The first-order valence-corrected chi connectivity index (χ1v) is 8.86. The molecule has 0 aromatic heterocycles. The molecule has 0 N–H and O–H groups in total. The third-order valence-corrected chi connectivity index (χ3v) is 5.16. The summed E-state index contributed by atoms with van der Waals surface area (Å²) in [7, 11) is 0. The third-order valence-electron chi connectivity index (χ3n) is 5.16. The zero-order valence-corrected chi connectivity index (χ0v) is 13.8. The molecule has 2 aromatic rings. The minimum absolute atomic E-state index is 0.150. The lowest BCUT2D eigenvalue weighted by Gasteiger charge is -2.29. The van der Waals surface area contributed by atoms with E-state index in [9.17, 15) is 9.59 Å². The van der Waals surface area contributed by atoms with E-state index >= 15 is 0 Å². The molecule has 4 rings (SSSR count). The van der Waals surface area contributed by atoms with Crippen molar-refractivity contribution < 1.29 is 9.59 Å². The van der Waals surface area contributed by atoms with Gasteiger partial charge in [-0.2, -0.15) is 0 Å². The number of carbonyl (C=O) groups excluding carboxylic acids is 2. The van der Waals surface area contributed by atoms with Crippen LogP contribution >= 0.6 is 0 Å². The van der Waals surface area contributed by atoms with Crippen LogP contribution < -0.4 is 0 Å². The molecule has 0 unspecified atom stereocenters. The first-order valence-electron chi connectivity index (χ1n) is 8.86. The Kier molecular flexibility index (Phi) is 4.07. The van der Waals surface area contributed by atoms with Gasteiger partial charge in [0.25, 0.3) is 11.8 Å². The van der Waals surface area contributed by atoms with Crippen molar-refractivity contribution in [3.05, 3.63) is 47.5 Å². The molecule has 24 heavy (non-hydrogen) atoms. The van der Waals surface area contributed by atoms with E-state index in [4.69, 9.17) is 0 Å². The fraction of sp³-hybridized carbons (Fsp3) is 0.400. The molecule has 0 aliphatic carbocycles. The number of hydrogen-bond donors (Lipinski definition) is 0. The van der Waals surface area contributed by atoms with Gasteiger partial charge in [0.15, 0.2) is 0 Å². The maximum atomic E-state index is 12.8. The number of piperidine rings is 1. The topological polar surface area (TPSA) is 40.6 Å². The van der Waals surface area contributed by atoms with Crippen LogP contribution in [0.1, 0.15) is 46.4 Å². The standard InChI is InChI=1S/C20H22N2O2/c23-19-16-9-4-7-15-8-5-10-17(18(15)16)20(24)22(19)14-6-13-21-11-2-1-3-12-21/h4-5,7-10H,1-3,6,11-14H2. The number of hydrogen-bond acceptors (Lipinski definition) is 3. The van der Waals surface area contributed by atoms with Crippen molar-refractivity contribution in [3.63, 3.8) is 0 Å². The van der Waals surface area contributed by atoms with Gasteiger partial charge in [-0.1, -0.05) is 30.7 Å². The average molecular weight is 322 g/mol. The van der Waals surface area contributed by atoms with Gasteiger partial charge in [0, 0.05) is 23.1 Å². The molecule has 0 atom stereocenters. The van der Waals surface area contributed by atoms with Crippen LogP contribution in [0.15, 0.2) is 36.4 Å². The van der Waals surface area contributed by atoms with Gasteiger partial charge in [-0.05, 0) is 56.4 Å². The molecule has 2 aromatic carbocycles. The second kappa shape index (κ2) is 6.36. The van der Waals surface area contributed by atoms with Crippen LogP contribution in [0.2, 0.25) is 0 Å². The zero-order chi connectivity index (χ0) is 16.5. The maximum absolute atomic E-state index is 12.8. The fourth-order valence-electron chi connectivity index (χ4n) is 3.92. The summed E-state index contributed by atoms with van der Waals surface area (Å²) in [6.45, 7) is 3.75. The monoisotopic (exact) mass is 322 g/mol. The molecule has 1 fully saturated rings. The van der Waals surface area contributed by atoms with E-state index in [1.807, 2.05) is 36.4 Å². The minimum Gasteiger partial charge on any atom is -0.303 e. The second-order valence-corrected chi connectivity index (χ2v) is 6.73. The molecule has 2 aliphatic rings. The van der Waals surface area contributed by atoms with E-state index < -0.39 is 0 Å². The summed E-state index contributed by atoms with van der Waals surface area (Å²) in [6, 6.07) is 11.3. The zero-order valence-electron chi connectivity index (χ0n) is 13.8. The summed E-state index contributed by atoms with van der Waals surface area (Å²) in [4.78, 5) is 29.4. The van der Waals surface area contributed by atoms with Crippen molar-refractivity contribution in [3.8, 4) is 0 Å². The summed E-state index contributed by atoms with van der Waals surface area (Å²) in [5.74, 6) is -0.300. The van der Waals surface area contributed by atoms with Crippen LogP contribution in [0.25, 0.3) is 10.8 Å². The Labute approximate surface area is 142 Å². The summed E-state index contributed by atoms with van der Waals surface area (Å²) in [5.41, 5.74) is 1.31. The molecule has 2 amide bonds. The molecule has 124 valence electrons. The van der Waals surface area contributed by atoms with Crippen LogP contribution in [0.4, 0.5) is 0 Å². The highest BCUT2D eigenvalue weighted by Gasteiger charge is 2.32. The van der Waals surface area contributed by atoms with Gasteiger partial charge in [-0.3, -0.25) is 14.5 Å². The maximum Gasteiger partial charge on any atom is 0.261 e. The van der Waals surface area contributed by atoms with Crippen molar-refractivity contribution >= 4 is 22.6 Å². The van der Waals surface area contributed by atoms with E-state index in [1.54, 1.807) is 0 Å². The predicted molar refractivity (Wildman–Crippen MR) is 94.2 cm³/mol. The Hall–Kier alpha value is -2.20. The average Bonchev–Trinajstić information content (AvgIpc) is 2.63. The second-order valence-electron chi connectivity index (χ2n) is 6.73. The van der Waals surface area contributed by atoms with Crippen LogP contribution in [0.5, 0.6) is 0 Å².